The van der Waals surface area contributed by atoms with Crippen LogP contribution < -0.4 is 0 Å². The van der Waals surface area contributed by atoms with Gasteiger partial charge in [-0.25, -0.2) is 4.79 Å². The molecule has 0 rings (SSSR count). The van der Waals surface area contributed by atoms with E-state index >= 15 is 0 Å². The number of hydrogen-bond donors (Lipinski definition) is 0. The fourth-order valence-corrected chi connectivity index (χ4v) is 5.30. The summed E-state index contributed by atoms with van der Waals surface area (Å²) in [6.07, 6.45) is 41.1. The van der Waals surface area contributed by atoms with E-state index in [2.05, 4.69) is 32.9 Å². The van der Waals surface area contributed by atoms with Gasteiger partial charge in [0.1, 0.15) is 0 Å². The van der Waals surface area contributed by atoms with E-state index in [4.69, 9.17) is 9.47 Å². The summed E-state index contributed by atoms with van der Waals surface area (Å²) in [6.45, 7) is 7.92. The topological polar surface area (TPSA) is 35.5 Å². The number of ether oxygens (including phenoxy) is 2. The van der Waals surface area contributed by atoms with Crippen LogP contribution in [0.2, 0.25) is 0 Å². The Kier molecular flexibility index (Phi) is 33.4. The molecule has 0 atom stereocenters. The van der Waals surface area contributed by atoms with E-state index in [1.165, 1.54) is 154 Å². The molecule has 0 aromatic rings. The largest absolute Gasteiger partial charge is 0.508 e. The van der Waals surface area contributed by atoms with Gasteiger partial charge in [-0.15, -0.1) is 0 Å². The monoisotopic (exact) mass is 565 g/mol. The van der Waals surface area contributed by atoms with Crippen molar-refractivity contribution in [3.8, 4) is 0 Å². The molecule has 0 N–H and O–H groups in total. The molecule has 3 heteroatoms. The van der Waals surface area contributed by atoms with Gasteiger partial charge in [0.15, 0.2) is 0 Å². The number of carbonyl (C=O) groups is 1. The molecular formula is C37H72O3. The van der Waals surface area contributed by atoms with Crippen LogP contribution in [0.25, 0.3) is 0 Å². The summed E-state index contributed by atoms with van der Waals surface area (Å²) >= 11 is 0. The fraction of sp³-hybridized carbons (Fsp3) is 0.919. The second-order valence-corrected chi connectivity index (χ2v) is 12.7. The third kappa shape index (κ3) is 35.0. The molecule has 0 heterocycles. The summed E-state index contributed by atoms with van der Waals surface area (Å²) in [4.78, 5) is 11.7. The van der Waals surface area contributed by atoms with Gasteiger partial charge >= 0.3 is 6.16 Å². The predicted molar refractivity (Wildman–Crippen MR) is 176 cm³/mol. The molecule has 238 valence electrons. The maximum absolute atomic E-state index is 11.7. The molecule has 0 spiro atoms. The number of hydrogen-bond acceptors (Lipinski definition) is 3. The Hall–Kier alpha value is -0.990. The SMILES string of the molecule is CCCCCCCCCC/C=C\CCCCCCCCOC(=O)OCCCCCCCCCCCCCC(C)C. The summed E-state index contributed by atoms with van der Waals surface area (Å²) in [6, 6.07) is 0. The van der Waals surface area contributed by atoms with Gasteiger partial charge in [-0.05, 0) is 44.4 Å². The highest BCUT2D eigenvalue weighted by atomic mass is 16.7. The molecule has 0 aromatic heterocycles. The van der Waals surface area contributed by atoms with Crippen molar-refractivity contribution >= 4 is 6.16 Å². The van der Waals surface area contributed by atoms with Crippen molar-refractivity contribution in [3.05, 3.63) is 12.2 Å². The van der Waals surface area contributed by atoms with Crippen molar-refractivity contribution in [3.63, 3.8) is 0 Å². The first-order chi connectivity index (χ1) is 19.7. The van der Waals surface area contributed by atoms with E-state index in [9.17, 15) is 4.79 Å². The zero-order valence-electron chi connectivity index (χ0n) is 27.7. The van der Waals surface area contributed by atoms with Crippen LogP contribution in [0.15, 0.2) is 12.2 Å². The van der Waals surface area contributed by atoms with Crippen LogP contribution in [0.1, 0.15) is 201 Å². The van der Waals surface area contributed by atoms with E-state index < -0.39 is 6.16 Å². The smallest absolute Gasteiger partial charge is 0.434 e. The first-order valence-electron chi connectivity index (χ1n) is 18.1. The zero-order valence-corrected chi connectivity index (χ0v) is 27.7. The Morgan fingerprint density at radius 1 is 0.475 bits per heavy atom. The average molecular weight is 565 g/mol. The summed E-state index contributed by atoms with van der Waals surface area (Å²) in [5, 5.41) is 0. The van der Waals surface area contributed by atoms with E-state index in [-0.39, 0.29) is 0 Å². The third-order valence-electron chi connectivity index (χ3n) is 8.02. The number of unbranched alkanes of at least 4 members (excludes halogenated alkanes) is 24. The maximum atomic E-state index is 11.7. The lowest BCUT2D eigenvalue weighted by atomic mass is 10.0. The van der Waals surface area contributed by atoms with E-state index in [1.807, 2.05) is 0 Å². The van der Waals surface area contributed by atoms with Crippen molar-refractivity contribution < 1.29 is 14.3 Å². The molecule has 0 aliphatic carbocycles. The zero-order chi connectivity index (χ0) is 29.2. The molecule has 0 radical (unpaired) electrons. The van der Waals surface area contributed by atoms with Crippen molar-refractivity contribution in [1.82, 2.24) is 0 Å². The van der Waals surface area contributed by atoms with E-state index in [0.717, 1.165) is 31.6 Å². The van der Waals surface area contributed by atoms with Gasteiger partial charge in [0, 0.05) is 0 Å². The van der Waals surface area contributed by atoms with Crippen LogP contribution in [-0.4, -0.2) is 19.4 Å². The van der Waals surface area contributed by atoms with Gasteiger partial charge in [0.2, 0.25) is 0 Å². The number of carbonyl (C=O) groups excluding carboxylic acids is 1. The minimum absolute atomic E-state index is 0.479. The fourth-order valence-electron chi connectivity index (χ4n) is 5.30. The van der Waals surface area contributed by atoms with Crippen LogP contribution in [0, 0.1) is 5.92 Å². The van der Waals surface area contributed by atoms with Crippen LogP contribution >= 0.6 is 0 Å². The lowest BCUT2D eigenvalue weighted by molar-refractivity contribution is 0.0529. The molecule has 0 amide bonds. The summed E-state index contributed by atoms with van der Waals surface area (Å²) < 4.78 is 10.4. The molecule has 0 unspecified atom stereocenters. The molecule has 0 fully saturated rings. The minimum atomic E-state index is -0.479. The first-order valence-corrected chi connectivity index (χ1v) is 18.1. The quantitative estimate of drug-likeness (QED) is 0.0463. The lowest BCUT2D eigenvalue weighted by Gasteiger charge is -2.07. The molecule has 0 saturated heterocycles. The molecule has 40 heavy (non-hydrogen) atoms. The van der Waals surface area contributed by atoms with Gasteiger partial charge in [-0.3, -0.25) is 0 Å². The van der Waals surface area contributed by atoms with E-state index in [0.29, 0.717) is 13.2 Å². The Labute approximate surface area is 252 Å². The van der Waals surface area contributed by atoms with Crippen LogP contribution in [0.5, 0.6) is 0 Å². The predicted octanol–water partition coefficient (Wildman–Crippen LogP) is 13.3. The van der Waals surface area contributed by atoms with Gasteiger partial charge in [0.05, 0.1) is 13.2 Å². The maximum Gasteiger partial charge on any atom is 0.508 e. The molecule has 0 aromatic carbocycles. The Balaban J connectivity index is 3.19. The highest BCUT2D eigenvalue weighted by molar-refractivity contribution is 5.59. The Morgan fingerprint density at radius 2 is 0.800 bits per heavy atom. The van der Waals surface area contributed by atoms with Crippen molar-refractivity contribution in [1.29, 1.82) is 0 Å². The third-order valence-corrected chi connectivity index (χ3v) is 8.02. The van der Waals surface area contributed by atoms with Crippen LogP contribution in [0.3, 0.4) is 0 Å². The Bertz CT molecular complexity index is 514. The van der Waals surface area contributed by atoms with Gasteiger partial charge in [0.25, 0.3) is 0 Å². The summed E-state index contributed by atoms with van der Waals surface area (Å²) in [5.74, 6) is 0.859. The molecule has 0 bridgehead atoms. The van der Waals surface area contributed by atoms with Crippen molar-refractivity contribution in [2.75, 3.05) is 13.2 Å². The number of allylic oxidation sites excluding steroid dienone is 2. The molecule has 3 nitrogen and oxygen atoms in total. The molecule has 0 saturated carbocycles. The summed E-state index contributed by atoms with van der Waals surface area (Å²) in [5.41, 5.74) is 0. The van der Waals surface area contributed by atoms with E-state index in [1.54, 1.807) is 0 Å². The van der Waals surface area contributed by atoms with Gasteiger partial charge in [-0.1, -0.05) is 174 Å². The normalized spacial score (nSPS) is 11.6. The second-order valence-electron chi connectivity index (χ2n) is 12.7. The van der Waals surface area contributed by atoms with Crippen LogP contribution in [0.4, 0.5) is 4.79 Å². The highest BCUT2D eigenvalue weighted by Gasteiger charge is 2.03. The second kappa shape index (κ2) is 34.2. The number of rotatable bonds is 32. The minimum Gasteiger partial charge on any atom is -0.434 e. The van der Waals surface area contributed by atoms with Gasteiger partial charge in [-0.2, -0.15) is 0 Å². The molecule has 0 aliphatic heterocycles. The first kappa shape index (κ1) is 39.0. The standard InChI is InChI=1S/C37H72O3/c1-4-5-6-7-8-9-10-11-12-13-14-15-16-19-22-25-28-31-34-39-37(38)40-35-32-29-26-23-20-17-18-21-24-27-30-33-36(2)3/h13-14,36H,4-12,15-35H2,1-3H3/b14-13-. The van der Waals surface area contributed by atoms with Gasteiger partial charge < -0.3 is 9.47 Å². The van der Waals surface area contributed by atoms with Crippen molar-refractivity contribution in [2.45, 2.75) is 201 Å². The average Bonchev–Trinajstić information content (AvgIpc) is 2.94. The summed E-state index contributed by atoms with van der Waals surface area (Å²) in [7, 11) is 0. The Morgan fingerprint density at radius 3 is 1.18 bits per heavy atom. The van der Waals surface area contributed by atoms with Crippen molar-refractivity contribution in [2.24, 2.45) is 5.92 Å². The molecule has 0 aliphatic rings. The lowest BCUT2D eigenvalue weighted by Crippen LogP contribution is -2.09. The molecular weight excluding hydrogens is 492 g/mol. The highest BCUT2D eigenvalue weighted by Crippen LogP contribution is 2.14. The van der Waals surface area contributed by atoms with Crippen LogP contribution in [-0.2, 0) is 9.47 Å².